The molecule has 2 aromatic heterocycles. The summed E-state index contributed by atoms with van der Waals surface area (Å²) < 4.78 is 3.52. The summed E-state index contributed by atoms with van der Waals surface area (Å²) in [5.74, 6) is 0.528. The van der Waals surface area contributed by atoms with E-state index in [1.807, 2.05) is 10.9 Å². The van der Waals surface area contributed by atoms with Gasteiger partial charge in [-0.25, -0.2) is 4.68 Å². The van der Waals surface area contributed by atoms with Gasteiger partial charge in [0.1, 0.15) is 0 Å². The van der Waals surface area contributed by atoms with Crippen molar-refractivity contribution < 1.29 is 0 Å². The first-order chi connectivity index (χ1) is 10.8. The number of rotatable bonds is 5. The first-order valence-corrected chi connectivity index (χ1v) is 7.94. The molecule has 0 saturated carbocycles. The molecule has 1 saturated heterocycles. The highest BCUT2D eigenvalue weighted by atomic mass is 16.1. The van der Waals surface area contributed by atoms with E-state index in [1.54, 1.807) is 16.9 Å². The van der Waals surface area contributed by atoms with E-state index in [1.165, 1.54) is 0 Å². The Morgan fingerprint density at radius 2 is 2.14 bits per heavy atom. The van der Waals surface area contributed by atoms with Crippen LogP contribution in [0.1, 0.15) is 17.7 Å². The zero-order chi connectivity index (χ0) is 14.9. The van der Waals surface area contributed by atoms with Crippen LogP contribution in [0.25, 0.3) is 0 Å². The normalized spacial score (nSPS) is 18.4. The third-order valence-corrected chi connectivity index (χ3v) is 4.61. The highest BCUT2D eigenvalue weighted by Gasteiger charge is 2.27. The van der Waals surface area contributed by atoms with Gasteiger partial charge >= 0.3 is 0 Å². The van der Waals surface area contributed by atoms with E-state index in [-0.39, 0.29) is 5.56 Å². The Morgan fingerprint density at radius 3 is 2.95 bits per heavy atom. The number of nitrogens with zero attached hydrogens (tertiary/aromatic N) is 6. The second-order valence-electron chi connectivity index (χ2n) is 6.28. The molecule has 1 aliphatic heterocycles. The molecule has 0 amide bonds. The maximum atomic E-state index is 12.1. The largest absolute Gasteiger partial charge is 0.301 e. The molecule has 0 spiro atoms. The van der Waals surface area contributed by atoms with Gasteiger partial charge < -0.3 is 4.90 Å². The van der Waals surface area contributed by atoms with Crippen LogP contribution < -0.4 is 5.56 Å². The van der Waals surface area contributed by atoms with Gasteiger partial charge in [0, 0.05) is 37.8 Å². The zero-order valence-corrected chi connectivity index (χ0v) is 12.6. The second kappa shape index (κ2) is 5.64. The van der Waals surface area contributed by atoms with E-state index in [0.29, 0.717) is 5.92 Å². The van der Waals surface area contributed by atoms with Crippen molar-refractivity contribution in [3.63, 3.8) is 0 Å². The molecule has 116 valence electrons. The summed E-state index contributed by atoms with van der Waals surface area (Å²) in [4.78, 5) is 14.5. The topological polar surface area (TPSA) is 68.8 Å². The second-order valence-corrected chi connectivity index (χ2v) is 6.28. The Morgan fingerprint density at radius 1 is 1.23 bits per heavy atom. The lowest BCUT2D eigenvalue weighted by Gasteiger charge is -2.39. The van der Waals surface area contributed by atoms with Crippen molar-refractivity contribution in [3.8, 4) is 0 Å². The average molecular weight is 300 g/mol. The first kappa shape index (κ1) is 13.6. The van der Waals surface area contributed by atoms with Crippen molar-refractivity contribution >= 4 is 0 Å². The van der Waals surface area contributed by atoms with Crippen molar-refractivity contribution in [3.05, 3.63) is 40.1 Å². The molecular weight excluding hydrogens is 280 g/mol. The first-order valence-electron chi connectivity index (χ1n) is 7.94. The molecule has 0 unspecified atom stereocenters. The molecule has 2 aliphatic rings. The van der Waals surface area contributed by atoms with E-state index in [4.69, 9.17) is 0 Å². The molecule has 1 fully saturated rings. The molecule has 0 aromatic carbocycles. The number of aryl methyl sites for hydroxylation is 2. The maximum absolute atomic E-state index is 12.1. The van der Waals surface area contributed by atoms with Crippen molar-refractivity contribution in [1.82, 2.24) is 29.7 Å². The molecule has 0 radical (unpaired) electrons. The van der Waals surface area contributed by atoms with Crippen molar-refractivity contribution in [1.29, 1.82) is 0 Å². The molecule has 0 atom stereocenters. The quantitative estimate of drug-likeness (QED) is 0.775. The van der Waals surface area contributed by atoms with Crippen LogP contribution in [0.3, 0.4) is 0 Å². The minimum Gasteiger partial charge on any atom is -0.301 e. The number of hydrogen-bond donors (Lipinski definition) is 0. The number of aromatic nitrogens is 5. The lowest BCUT2D eigenvalue weighted by atomic mass is 10.0. The summed E-state index contributed by atoms with van der Waals surface area (Å²) in [5.41, 5.74) is 2.34. The van der Waals surface area contributed by atoms with Gasteiger partial charge in [-0.1, -0.05) is 5.21 Å². The van der Waals surface area contributed by atoms with Gasteiger partial charge in [0.05, 0.1) is 25.0 Å². The van der Waals surface area contributed by atoms with Crippen LogP contribution in [0.15, 0.2) is 23.3 Å². The SMILES string of the molecule is O=c1cc2c(nn1CC1CN(CCn3ccnn3)C1)CCC2. The van der Waals surface area contributed by atoms with Crippen LogP contribution in [0.5, 0.6) is 0 Å². The maximum Gasteiger partial charge on any atom is 0.267 e. The molecular formula is C15H20N6O. The number of hydrogen-bond acceptors (Lipinski definition) is 5. The molecule has 2 aromatic rings. The highest BCUT2D eigenvalue weighted by molar-refractivity contribution is 5.22. The van der Waals surface area contributed by atoms with Gasteiger partial charge in [-0.05, 0) is 24.8 Å². The average Bonchev–Trinajstić information content (AvgIpc) is 3.11. The van der Waals surface area contributed by atoms with Crippen LogP contribution in [0.2, 0.25) is 0 Å². The van der Waals surface area contributed by atoms with Crippen LogP contribution in [-0.2, 0) is 25.9 Å². The van der Waals surface area contributed by atoms with Crippen molar-refractivity contribution in [2.45, 2.75) is 32.4 Å². The summed E-state index contributed by atoms with van der Waals surface area (Å²) in [5, 5.41) is 12.3. The Bertz CT molecular complexity index is 701. The summed E-state index contributed by atoms with van der Waals surface area (Å²) in [6.45, 7) is 4.64. The van der Waals surface area contributed by atoms with Gasteiger partial charge in [-0.15, -0.1) is 5.10 Å². The van der Waals surface area contributed by atoms with Gasteiger partial charge in [-0.2, -0.15) is 5.10 Å². The fraction of sp³-hybridized carbons (Fsp3) is 0.600. The van der Waals surface area contributed by atoms with E-state index < -0.39 is 0 Å². The van der Waals surface area contributed by atoms with E-state index in [2.05, 4.69) is 20.3 Å². The minimum absolute atomic E-state index is 0.0571. The van der Waals surface area contributed by atoms with E-state index >= 15 is 0 Å². The summed E-state index contributed by atoms with van der Waals surface area (Å²) in [6, 6.07) is 1.79. The lowest BCUT2D eigenvalue weighted by molar-refractivity contribution is 0.0791. The molecule has 7 nitrogen and oxygen atoms in total. The standard InChI is InChI=1S/C15H20N6O/c22-15-8-13-2-1-3-14(13)17-21(15)11-12-9-19(10-12)6-7-20-5-4-16-18-20/h4-5,8,12H,1-3,6-7,9-11H2. The van der Waals surface area contributed by atoms with Crippen LogP contribution >= 0.6 is 0 Å². The molecule has 4 rings (SSSR count). The third-order valence-electron chi connectivity index (χ3n) is 4.61. The Kier molecular flexibility index (Phi) is 3.49. The van der Waals surface area contributed by atoms with Gasteiger partial charge in [0.25, 0.3) is 5.56 Å². The third kappa shape index (κ3) is 2.68. The Labute approximate surface area is 128 Å². The predicted octanol–water partition coefficient (Wildman–Crippen LogP) is -0.0445. The summed E-state index contributed by atoms with van der Waals surface area (Å²) in [7, 11) is 0. The monoisotopic (exact) mass is 300 g/mol. The summed E-state index contributed by atoms with van der Waals surface area (Å²) in [6.07, 6.45) is 6.74. The predicted molar refractivity (Wildman–Crippen MR) is 80.5 cm³/mol. The molecule has 1 aliphatic carbocycles. The molecule has 7 heteroatoms. The summed E-state index contributed by atoms with van der Waals surface area (Å²) >= 11 is 0. The fourth-order valence-corrected chi connectivity index (χ4v) is 3.39. The van der Waals surface area contributed by atoms with Gasteiger partial charge in [0.2, 0.25) is 0 Å². The van der Waals surface area contributed by atoms with E-state index in [0.717, 1.165) is 63.2 Å². The smallest absolute Gasteiger partial charge is 0.267 e. The lowest BCUT2D eigenvalue weighted by Crippen LogP contribution is -2.50. The minimum atomic E-state index is 0.0571. The van der Waals surface area contributed by atoms with Gasteiger partial charge in [-0.3, -0.25) is 9.48 Å². The number of fused-ring (bicyclic) bond motifs is 1. The molecule has 0 N–H and O–H groups in total. The van der Waals surface area contributed by atoms with Gasteiger partial charge in [0.15, 0.2) is 0 Å². The Hall–Kier alpha value is -2.02. The zero-order valence-electron chi connectivity index (χ0n) is 12.6. The van der Waals surface area contributed by atoms with E-state index in [9.17, 15) is 4.79 Å². The number of likely N-dealkylation sites (tertiary alicyclic amines) is 1. The Balaban J connectivity index is 1.30. The van der Waals surface area contributed by atoms with Crippen LogP contribution in [0.4, 0.5) is 0 Å². The van der Waals surface area contributed by atoms with Crippen molar-refractivity contribution in [2.75, 3.05) is 19.6 Å². The molecule has 22 heavy (non-hydrogen) atoms. The highest BCUT2D eigenvalue weighted by Crippen LogP contribution is 2.19. The molecule has 3 heterocycles. The van der Waals surface area contributed by atoms with Crippen molar-refractivity contribution in [2.24, 2.45) is 5.92 Å². The van der Waals surface area contributed by atoms with Crippen LogP contribution in [0, 0.1) is 5.92 Å². The molecule has 0 bridgehead atoms. The fourth-order valence-electron chi connectivity index (χ4n) is 3.39. The van der Waals surface area contributed by atoms with Crippen LogP contribution in [-0.4, -0.2) is 49.3 Å².